The average molecular weight is 451 g/mol. The summed E-state index contributed by atoms with van der Waals surface area (Å²) in [5.41, 5.74) is 0.844. The molecule has 6 rings (SSSR count). The lowest BCUT2D eigenvalue weighted by molar-refractivity contribution is -0.153. The van der Waals surface area contributed by atoms with E-state index in [1.807, 2.05) is 18.2 Å². The van der Waals surface area contributed by atoms with E-state index >= 15 is 0 Å². The Morgan fingerprint density at radius 3 is 2.61 bits per heavy atom. The van der Waals surface area contributed by atoms with Crippen molar-refractivity contribution in [2.45, 2.75) is 63.8 Å². The molecule has 33 heavy (non-hydrogen) atoms. The van der Waals surface area contributed by atoms with Gasteiger partial charge < -0.3 is 9.42 Å². The predicted octanol–water partition coefficient (Wildman–Crippen LogP) is 3.83. The fourth-order valence-electron chi connectivity index (χ4n) is 6.86. The van der Waals surface area contributed by atoms with Crippen LogP contribution < -0.4 is 4.90 Å². The molecular weight excluding hydrogens is 416 g/mol. The second-order valence-electron chi connectivity index (χ2n) is 10.8. The average Bonchev–Trinajstić information content (AvgIpc) is 3.45. The Hall–Kier alpha value is -2.41. The first kappa shape index (κ1) is 21.1. The van der Waals surface area contributed by atoms with Crippen molar-refractivity contribution in [1.29, 1.82) is 0 Å². The molecule has 1 aliphatic carbocycles. The summed E-state index contributed by atoms with van der Waals surface area (Å²) in [4.78, 5) is 32.1. The Labute approximate surface area is 195 Å². The Morgan fingerprint density at radius 2 is 1.79 bits per heavy atom. The van der Waals surface area contributed by atoms with Crippen molar-refractivity contribution in [1.82, 2.24) is 15.0 Å². The Bertz CT molecular complexity index is 1020. The molecule has 1 saturated carbocycles. The number of benzene rings is 1. The second-order valence-corrected chi connectivity index (χ2v) is 10.8. The number of amides is 2. The molecule has 4 fully saturated rings. The maximum atomic E-state index is 12.8. The number of carbonyl (C=O) groups is 2. The zero-order chi connectivity index (χ0) is 22.4. The van der Waals surface area contributed by atoms with Crippen LogP contribution >= 0.6 is 0 Å². The van der Waals surface area contributed by atoms with Gasteiger partial charge in [0.15, 0.2) is 11.4 Å². The van der Waals surface area contributed by atoms with Crippen molar-refractivity contribution in [3.8, 4) is 0 Å². The van der Waals surface area contributed by atoms with E-state index in [4.69, 9.17) is 4.52 Å². The zero-order valence-electron chi connectivity index (χ0n) is 19.4. The third kappa shape index (κ3) is 3.94. The fraction of sp³-hybridized carbons (Fsp3) is 0.654. The maximum absolute atomic E-state index is 12.8. The third-order valence-corrected chi connectivity index (χ3v) is 8.74. The molecule has 2 amide bonds. The minimum absolute atomic E-state index is 0.00241. The Morgan fingerprint density at radius 1 is 1.00 bits per heavy atom. The summed E-state index contributed by atoms with van der Waals surface area (Å²) in [5.74, 6) is 1.68. The van der Waals surface area contributed by atoms with Gasteiger partial charge in [0, 0.05) is 51.6 Å². The highest BCUT2D eigenvalue weighted by molar-refractivity contribution is 5.98. The van der Waals surface area contributed by atoms with Crippen LogP contribution in [0.2, 0.25) is 0 Å². The zero-order valence-corrected chi connectivity index (χ0v) is 19.4. The number of piperazine rings is 1. The largest absolute Gasteiger partial charge is 0.354 e. The molecule has 176 valence electrons. The van der Waals surface area contributed by atoms with Crippen LogP contribution in [0.5, 0.6) is 0 Å². The quantitative estimate of drug-likeness (QED) is 0.660. The smallest absolute Gasteiger partial charge is 0.229 e. The lowest BCUT2D eigenvalue weighted by atomic mass is 9.76. The highest BCUT2D eigenvalue weighted by Crippen LogP contribution is 2.47. The number of fused-ring (bicyclic) bond motifs is 2. The summed E-state index contributed by atoms with van der Waals surface area (Å²) in [7, 11) is 0. The number of piperidine rings is 2. The van der Waals surface area contributed by atoms with E-state index in [-0.39, 0.29) is 17.2 Å². The van der Waals surface area contributed by atoms with Crippen LogP contribution in [-0.2, 0) is 9.59 Å². The van der Waals surface area contributed by atoms with E-state index < -0.39 is 0 Å². The highest BCUT2D eigenvalue weighted by Gasteiger charge is 2.45. The normalized spacial score (nSPS) is 28.1. The summed E-state index contributed by atoms with van der Waals surface area (Å²) in [6.07, 6.45) is 8.88. The first-order valence-electron chi connectivity index (χ1n) is 12.8. The summed E-state index contributed by atoms with van der Waals surface area (Å²) in [6, 6.07) is 8.61. The van der Waals surface area contributed by atoms with Crippen LogP contribution in [0, 0.1) is 11.3 Å². The lowest BCUT2D eigenvalue weighted by Crippen LogP contribution is -2.57. The van der Waals surface area contributed by atoms with E-state index in [2.05, 4.69) is 21.0 Å². The summed E-state index contributed by atoms with van der Waals surface area (Å²) in [5, 5.41) is 5.45. The van der Waals surface area contributed by atoms with Crippen molar-refractivity contribution in [3.63, 3.8) is 0 Å². The monoisotopic (exact) mass is 450 g/mol. The van der Waals surface area contributed by atoms with Crippen molar-refractivity contribution in [2.24, 2.45) is 11.3 Å². The van der Waals surface area contributed by atoms with Crippen LogP contribution in [0.4, 0.5) is 5.82 Å². The van der Waals surface area contributed by atoms with Gasteiger partial charge in [0.05, 0.1) is 5.39 Å². The number of rotatable bonds is 4. The molecule has 0 N–H and O–H groups in total. The molecule has 3 saturated heterocycles. The topological polar surface area (TPSA) is 69.9 Å². The molecule has 0 bridgehead atoms. The number of para-hydroxylation sites is 1. The van der Waals surface area contributed by atoms with Gasteiger partial charge in [0.1, 0.15) is 0 Å². The van der Waals surface area contributed by atoms with Crippen molar-refractivity contribution >= 4 is 28.6 Å². The van der Waals surface area contributed by atoms with Crippen molar-refractivity contribution < 1.29 is 14.1 Å². The van der Waals surface area contributed by atoms with E-state index in [1.54, 1.807) is 4.90 Å². The van der Waals surface area contributed by atoms with E-state index in [0.717, 1.165) is 75.1 Å². The molecule has 2 atom stereocenters. The van der Waals surface area contributed by atoms with Gasteiger partial charge in [-0.1, -0.05) is 30.1 Å². The van der Waals surface area contributed by atoms with Gasteiger partial charge >= 0.3 is 0 Å². The Balaban J connectivity index is 1.03. The Kier molecular flexibility index (Phi) is 5.40. The number of aromatic nitrogens is 1. The number of anilines is 1. The molecule has 3 aliphatic heterocycles. The summed E-state index contributed by atoms with van der Waals surface area (Å²) in [6.45, 7) is 4.62. The van der Waals surface area contributed by atoms with E-state index in [1.165, 1.54) is 12.8 Å². The standard InChI is InChI=1S/C26H34N4O3/c31-23-15-26(10-3-4-11-26)16-24(32)30(23)12-9-19-7-8-20-18-29(14-13-28(20)17-19)25-21-5-1-2-6-22(21)33-27-25/h1-2,5-6,19-20H,3-4,7-18H2/t19-,20-/m0/s1. The van der Waals surface area contributed by atoms with Gasteiger partial charge in [-0.15, -0.1) is 0 Å². The van der Waals surface area contributed by atoms with Crippen LogP contribution in [0.3, 0.4) is 0 Å². The van der Waals surface area contributed by atoms with Crippen LogP contribution in [0.25, 0.3) is 11.0 Å². The predicted molar refractivity (Wildman–Crippen MR) is 126 cm³/mol. The number of likely N-dealkylation sites (tertiary alicyclic amines) is 1. The van der Waals surface area contributed by atoms with Crippen LogP contribution in [0.15, 0.2) is 28.8 Å². The van der Waals surface area contributed by atoms with Crippen LogP contribution in [-0.4, -0.2) is 65.5 Å². The molecule has 4 aliphatic rings. The molecule has 0 unspecified atom stereocenters. The number of carbonyl (C=O) groups excluding carboxylic acids is 2. The summed E-state index contributed by atoms with van der Waals surface area (Å²) >= 11 is 0. The molecule has 0 radical (unpaired) electrons. The van der Waals surface area contributed by atoms with Gasteiger partial charge in [-0.05, 0) is 55.6 Å². The minimum atomic E-state index is -0.00241. The van der Waals surface area contributed by atoms with Gasteiger partial charge in [-0.3, -0.25) is 19.4 Å². The molecule has 1 aromatic heterocycles. The number of hydrogen-bond acceptors (Lipinski definition) is 6. The van der Waals surface area contributed by atoms with Gasteiger partial charge in [-0.2, -0.15) is 0 Å². The molecule has 7 nitrogen and oxygen atoms in total. The first-order chi connectivity index (χ1) is 16.1. The van der Waals surface area contributed by atoms with E-state index in [9.17, 15) is 9.59 Å². The third-order valence-electron chi connectivity index (χ3n) is 8.74. The molecular formula is C26H34N4O3. The molecule has 2 aromatic rings. The fourth-order valence-corrected chi connectivity index (χ4v) is 6.86. The number of hydrogen-bond donors (Lipinski definition) is 0. The SMILES string of the molecule is O=C1CC2(CCCC2)CC(=O)N1CC[C@@H]1CC[C@H]2CN(c3noc4ccccc34)CCN2C1. The summed E-state index contributed by atoms with van der Waals surface area (Å²) < 4.78 is 5.53. The number of imide groups is 1. The number of nitrogens with zero attached hydrogens (tertiary/aromatic N) is 4. The van der Waals surface area contributed by atoms with Gasteiger partial charge in [0.2, 0.25) is 11.8 Å². The molecule has 1 spiro atoms. The van der Waals surface area contributed by atoms with Crippen molar-refractivity contribution in [2.75, 3.05) is 37.6 Å². The highest BCUT2D eigenvalue weighted by atomic mass is 16.5. The van der Waals surface area contributed by atoms with Crippen LogP contribution in [0.1, 0.15) is 57.8 Å². The second kappa shape index (κ2) is 8.42. The van der Waals surface area contributed by atoms with Crippen molar-refractivity contribution in [3.05, 3.63) is 24.3 Å². The van der Waals surface area contributed by atoms with Gasteiger partial charge in [0.25, 0.3) is 0 Å². The van der Waals surface area contributed by atoms with Gasteiger partial charge in [-0.25, -0.2) is 0 Å². The molecule has 1 aromatic carbocycles. The first-order valence-corrected chi connectivity index (χ1v) is 12.8. The minimum Gasteiger partial charge on any atom is -0.354 e. The molecule has 4 heterocycles. The maximum Gasteiger partial charge on any atom is 0.229 e. The molecule has 7 heteroatoms. The van der Waals surface area contributed by atoms with E-state index in [0.29, 0.717) is 31.3 Å². The lowest BCUT2D eigenvalue weighted by Gasteiger charge is -2.46.